The highest BCUT2D eigenvalue weighted by Crippen LogP contribution is 2.28. The van der Waals surface area contributed by atoms with E-state index in [2.05, 4.69) is 10.4 Å². The molecule has 2 heterocycles. The van der Waals surface area contributed by atoms with Crippen molar-refractivity contribution in [3.05, 3.63) is 30.0 Å². The lowest BCUT2D eigenvalue weighted by Crippen LogP contribution is -2.15. The van der Waals surface area contributed by atoms with Crippen LogP contribution < -0.4 is 5.32 Å². The van der Waals surface area contributed by atoms with Crippen LogP contribution in [-0.2, 0) is 13.6 Å². The van der Waals surface area contributed by atoms with Gasteiger partial charge in [-0.3, -0.25) is 4.68 Å². The molecular weight excluding hydrogens is 214 g/mol. The minimum absolute atomic E-state index is 0.697. The van der Waals surface area contributed by atoms with Gasteiger partial charge < -0.3 is 9.73 Å². The maximum absolute atomic E-state index is 5.56. The topological polar surface area (TPSA) is 43.0 Å². The van der Waals surface area contributed by atoms with E-state index < -0.39 is 0 Å². The zero-order chi connectivity index (χ0) is 11.8. The largest absolute Gasteiger partial charge is 0.467 e. The molecule has 0 aromatic carbocycles. The van der Waals surface area contributed by atoms with Crippen molar-refractivity contribution in [1.29, 1.82) is 0 Å². The lowest BCUT2D eigenvalue weighted by Gasteiger charge is -2.02. The molecule has 3 rings (SSSR count). The van der Waals surface area contributed by atoms with E-state index in [-0.39, 0.29) is 0 Å². The van der Waals surface area contributed by atoms with E-state index in [1.807, 2.05) is 30.9 Å². The highest BCUT2D eigenvalue weighted by Gasteiger charge is 2.22. The third-order valence-electron chi connectivity index (χ3n) is 3.18. The number of rotatable bonds is 4. The van der Waals surface area contributed by atoms with E-state index in [1.165, 1.54) is 12.8 Å². The average Bonchev–Trinajstić information content (AvgIpc) is 2.91. The Bertz CT molecular complexity index is 523. The number of nitrogens with one attached hydrogen (secondary N) is 1. The van der Waals surface area contributed by atoms with Crippen LogP contribution >= 0.6 is 0 Å². The predicted octanol–water partition coefficient (Wildman–Crippen LogP) is 2.24. The third kappa shape index (κ3) is 2.13. The molecule has 0 aliphatic heterocycles. The molecule has 0 unspecified atom stereocenters. The molecular formula is C13H17N3O. The van der Waals surface area contributed by atoms with E-state index >= 15 is 0 Å². The summed E-state index contributed by atoms with van der Waals surface area (Å²) in [7, 11) is 1.94. The molecule has 1 saturated carbocycles. The van der Waals surface area contributed by atoms with E-state index in [1.54, 1.807) is 6.26 Å². The van der Waals surface area contributed by atoms with Crippen molar-refractivity contribution in [2.24, 2.45) is 7.05 Å². The van der Waals surface area contributed by atoms with Gasteiger partial charge in [-0.15, -0.1) is 0 Å². The molecule has 0 atom stereocenters. The first-order chi connectivity index (χ1) is 8.24. The lowest BCUT2D eigenvalue weighted by molar-refractivity contribution is 0.483. The number of furan rings is 1. The first kappa shape index (κ1) is 10.6. The van der Waals surface area contributed by atoms with Crippen LogP contribution in [0.25, 0.3) is 11.1 Å². The number of hydrogen-bond acceptors (Lipinski definition) is 3. The van der Waals surface area contributed by atoms with Crippen LogP contribution in [0.2, 0.25) is 0 Å². The Morgan fingerprint density at radius 2 is 2.29 bits per heavy atom. The van der Waals surface area contributed by atoms with Gasteiger partial charge in [0.1, 0.15) is 5.76 Å². The van der Waals surface area contributed by atoms with E-state index in [0.717, 1.165) is 29.1 Å². The Morgan fingerprint density at radius 1 is 1.47 bits per heavy atom. The summed E-state index contributed by atoms with van der Waals surface area (Å²) in [6, 6.07) is 2.72. The summed E-state index contributed by atoms with van der Waals surface area (Å²) >= 11 is 0. The monoisotopic (exact) mass is 231 g/mol. The second kappa shape index (κ2) is 4.04. The Morgan fingerprint density at radius 3 is 2.94 bits per heavy atom. The molecule has 0 spiro atoms. The van der Waals surface area contributed by atoms with Gasteiger partial charge in [0, 0.05) is 30.4 Å². The molecule has 1 aliphatic rings. The molecule has 1 N–H and O–H groups in total. The number of aromatic nitrogens is 2. The van der Waals surface area contributed by atoms with Gasteiger partial charge in [0.25, 0.3) is 0 Å². The van der Waals surface area contributed by atoms with Crippen molar-refractivity contribution in [3.63, 3.8) is 0 Å². The van der Waals surface area contributed by atoms with Crippen molar-refractivity contribution < 1.29 is 4.42 Å². The second-order valence-corrected chi connectivity index (χ2v) is 4.71. The summed E-state index contributed by atoms with van der Waals surface area (Å²) < 4.78 is 7.40. The maximum Gasteiger partial charge on any atom is 0.125 e. The van der Waals surface area contributed by atoms with Crippen LogP contribution in [-0.4, -0.2) is 15.8 Å². The third-order valence-corrected chi connectivity index (χ3v) is 3.18. The van der Waals surface area contributed by atoms with Crippen molar-refractivity contribution in [3.8, 4) is 11.1 Å². The van der Waals surface area contributed by atoms with Crippen LogP contribution in [0, 0.1) is 6.92 Å². The van der Waals surface area contributed by atoms with Crippen molar-refractivity contribution >= 4 is 0 Å². The fraction of sp³-hybridized carbons (Fsp3) is 0.462. The first-order valence-electron chi connectivity index (χ1n) is 6.04. The fourth-order valence-corrected chi connectivity index (χ4v) is 2.11. The highest BCUT2D eigenvalue weighted by molar-refractivity contribution is 5.66. The molecule has 1 aliphatic carbocycles. The van der Waals surface area contributed by atoms with Crippen LogP contribution in [0.4, 0.5) is 0 Å². The molecule has 90 valence electrons. The molecule has 2 aromatic rings. The molecule has 1 fully saturated rings. The SMILES string of the molecule is Cc1nn(C)cc1-c1ccoc1CNC1CC1. The molecule has 0 bridgehead atoms. The molecule has 17 heavy (non-hydrogen) atoms. The summed E-state index contributed by atoms with van der Waals surface area (Å²) in [5, 5.41) is 7.84. The van der Waals surface area contributed by atoms with Crippen molar-refractivity contribution in [1.82, 2.24) is 15.1 Å². The summed E-state index contributed by atoms with van der Waals surface area (Å²) in [5.41, 5.74) is 3.36. The average molecular weight is 231 g/mol. The molecule has 2 aromatic heterocycles. The van der Waals surface area contributed by atoms with Crippen LogP contribution in [0.1, 0.15) is 24.3 Å². The second-order valence-electron chi connectivity index (χ2n) is 4.71. The normalized spacial score (nSPS) is 15.4. The lowest BCUT2D eigenvalue weighted by atomic mass is 10.1. The zero-order valence-electron chi connectivity index (χ0n) is 10.2. The van der Waals surface area contributed by atoms with Crippen molar-refractivity contribution in [2.45, 2.75) is 32.4 Å². The van der Waals surface area contributed by atoms with E-state index in [4.69, 9.17) is 4.42 Å². The molecule has 4 nitrogen and oxygen atoms in total. The van der Waals surface area contributed by atoms with Gasteiger partial charge in [-0.25, -0.2) is 0 Å². The van der Waals surface area contributed by atoms with Gasteiger partial charge in [0.15, 0.2) is 0 Å². The summed E-state index contributed by atoms with van der Waals surface area (Å²) in [4.78, 5) is 0. The smallest absolute Gasteiger partial charge is 0.125 e. The van der Waals surface area contributed by atoms with Gasteiger partial charge in [-0.2, -0.15) is 5.10 Å². The Kier molecular flexibility index (Phi) is 2.52. The minimum Gasteiger partial charge on any atom is -0.467 e. The highest BCUT2D eigenvalue weighted by atomic mass is 16.3. The van der Waals surface area contributed by atoms with Gasteiger partial charge >= 0.3 is 0 Å². The predicted molar refractivity (Wildman–Crippen MR) is 65.5 cm³/mol. The summed E-state index contributed by atoms with van der Waals surface area (Å²) in [6.07, 6.45) is 6.39. The number of aryl methyl sites for hydroxylation is 2. The summed E-state index contributed by atoms with van der Waals surface area (Å²) in [6.45, 7) is 2.84. The van der Waals surface area contributed by atoms with Gasteiger partial charge in [-0.1, -0.05) is 0 Å². The Hall–Kier alpha value is -1.55. The number of nitrogens with zero attached hydrogens (tertiary/aromatic N) is 2. The Labute approximate surface area is 101 Å². The molecule has 0 saturated heterocycles. The Balaban J connectivity index is 1.86. The number of hydrogen-bond donors (Lipinski definition) is 1. The van der Waals surface area contributed by atoms with Gasteiger partial charge in [0.2, 0.25) is 0 Å². The molecule has 0 radical (unpaired) electrons. The summed E-state index contributed by atoms with van der Waals surface area (Å²) in [5.74, 6) is 1.01. The quantitative estimate of drug-likeness (QED) is 0.877. The molecule has 4 heteroatoms. The maximum atomic E-state index is 5.56. The van der Waals surface area contributed by atoms with Gasteiger partial charge in [-0.05, 0) is 25.8 Å². The minimum atomic E-state index is 0.697. The standard InChI is InChI=1S/C13H17N3O/c1-9-12(8-16(2)15-9)11-5-6-17-13(11)7-14-10-3-4-10/h5-6,8,10,14H,3-4,7H2,1-2H3. The molecule has 0 amide bonds. The van der Waals surface area contributed by atoms with E-state index in [0.29, 0.717) is 6.04 Å². The van der Waals surface area contributed by atoms with Crippen LogP contribution in [0.5, 0.6) is 0 Å². The van der Waals surface area contributed by atoms with Crippen LogP contribution in [0.15, 0.2) is 22.9 Å². The van der Waals surface area contributed by atoms with E-state index in [9.17, 15) is 0 Å². The van der Waals surface area contributed by atoms with Crippen LogP contribution in [0.3, 0.4) is 0 Å². The van der Waals surface area contributed by atoms with Crippen molar-refractivity contribution in [2.75, 3.05) is 0 Å². The first-order valence-corrected chi connectivity index (χ1v) is 6.04. The fourth-order valence-electron chi connectivity index (χ4n) is 2.11. The van der Waals surface area contributed by atoms with Gasteiger partial charge in [0.05, 0.1) is 18.5 Å². The zero-order valence-corrected chi connectivity index (χ0v) is 10.2.